The van der Waals surface area contributed by atoms with E-state index in [1.54, 1.807) is 13.2 Å². The summed E-state index contributed by atoms with van der Waals surface area (Å²) in [6.45, 7) is 6.43. The summed E-state index contributed by atoms with van der Waals surface area (Å²) < 4.78 is 11.0. The van der Waals surface area contributed by atoms with Gasteiger partial charge in [-0.3, -0.25) is 0 Å². The molecule has 3 nitrogen and oxygen atoms in total. The molecular weight excluding hydrogens is 216 g/mol. The summed E-state index contributed by atoms with van der Waals surface area (Å²) in [5.74, 6) is 1.42. The van der Waals surface area contributed by atoms with Gasteiger partial charge in [0.1, 0.15) is 0 Å². The average molecular weight is 236 g/mol. The minimum absolute atomic E-state index is 0.00540. The van der Waals surface area contributed by atoms with Crippen molar-refractivity contribution in [2.45, 2.75) is 26.4 Å². The van der Waals surface area contributed by atoms with Crippen molar-refractivity contribution in [1.29, 1.82) is 0 Å². The van der Waals surface area contributed by atoms with Gasteiger partial charge in [-0.1, -0.05) is 13.0 Å². The molecule has 1 aromatic carbocycles. The van der Waals surface area contributed by atoms with E-state index in [1.807, 2.05) is 12.1 Å². The Morgan fingerprint density at radius 2 is 2.18 bits per heavy atom. The van der Waals surface area contributed by atoms with Gasteiger partial charge in [-0.15, -0.1) is 6.58 Å². The second kappa shape index (κ2) is 6.97. The van der Waals surface area contributed by atoms with Gasteiger partial charge in [-0.05, 0) is 30.5 Å². The van der Waals surface area contributed by atoms with Gasteiger partial charge >= 0.3 is 0 Å². The van der Waals surface area contributed by atoms with Gasteiger partial charge in [0.25, 0.3) is 0 Å². The van der Waals surface area contributed by atoms with E-state index in [2.05, 4.69) is 13.5 Å². The molecule has 1 rings (SSSR count). The molecule has 0 heterocycles. The Hall–Kier alpha value is -1.48. The molecule has 0 bridgehead atoms. The maximum Gasteiger partial charge on any atom is 0.164 e. The third kappa shape index (κ3) is 3.49. The summed E-state index contributed by atoms with van der Waals surface area (Å²) in [5.41, 5.74) is 1.82. The largest absolute Gasteiger partial charge is 0.493 e. The highest BCUT2D eigenvalue weighted by Gasteiger charge is 2.12. The molecule has 0 saturated heterocycles. The van der Waals surface area contributed by atoms with Gasteiger partial charge in [0, 0.05) is 5.56 Å². The third-order valence-corrected chi connectivity index (χ3v) is 2.41. The molecule has 3 heteroatoms. The van der Waals surface area contributed by atoms with Crippen LogP contribution in [0.25, 0.3) is 0 Å². The molecular formula is C14H20O3. The van der Waals surface area contributed by atoms with Crippen molar-refractivity contribution >= 4 is 0 Å². The number of hydrogen-bond acceptors (Lipinski definition) is 3. The molecule has 0 aromatic heterocycles. The van der Waals surface area contributed by atoms with Crippen LogP contribution in [0.4, 0.5) is 0 Å². The quantitative estimate of drug-likeness (QED) is 0.740. The Bertz CT molecular complexity index is 372. The molecule has 1 aromatic rings. The van der Waals surface area contributed by atoms with Crippen LogP contribution in [0.2, 0.25) is 0 Å². The second-order valence-electron chi connectivity index (χ2n) is 3.79. The third-order valence-electron chi connectivity index (χ3n) is 2.41. The number of aliphatic hydroxyl groups excluding tert-OH is 1. The van der Waals surface area contributed by atoms with Crippen molar-refractivity contribution in [2.24, 2.45) is 0 Å². The monoisotopic (exact) mass is 236 g/mol. The average Bonchev–Trinajstić information content (AvgIpc) is 2.36. The minimum atomic E-state index is -0.00540. The van der Waals surface area contributed by atoms with Crippen LogP contribution < -0.4 is 9.47 Å². The Kier molecular flexibility index (Phi) is 5.57. The summed E-state index contributed by atoms with van der Waals surface area (Å²) >= 11 is 0. The van der Waals surface area contributed by atoms with Crippen LogP contribution in [0.15, 0.2) is 24.8 Å². The van der Waals surface area contributed by atoms with E-state index >= 15 is 0 Å². The van der Waals surface area contributed by atoms with E-state index < -0.39 is 0 Å². The predicted molar refractivity (Wildman–Crippen MR) is 68.6 cm³/mol. The lowest BCUT2D eigenvalue weighted by molar-refractivity contribution is 0.276. The Balaban J connectivity index is 3.14. The lowest BCUT2D eigenvalue weighted by Gasteiger charge is -2.15. The highest BCUT2D eigenvalue weighted by molar-refractivity contribution is 5.50. The van der Waals surface area contributed by atoms with E-state index in [0.717, 1.165) is 23.3 Å². The van der Waals surface area contributed by atoms with Crippen LogP contribution in [-0.4, -0.2) is 18.8 Å². The maximum atomic E-state index is 9.19. The van der Waals surface area contributed by atoms with Crippen LogP contribution in [0, 0.1) is 0 Å². The number of allylic oxidation sites excluding steroid dienone is 1. The molecule has 0 unspecified atom stereocenters. The molecule has 0 atom stereocenters. The van der Waals surface area contributed by atoms with E-state index in [4.69, 9.17) is 9.47 Å². The van der Waals surface area contributed by atoms with Gasteiger partial charge in [0.2, 0.25) is 0 Å². The highest BCUT2D eigenvalue weighted by atomic mass is 16.5. The molecule has 0 aliphatic carbocycles. The van der Waals surface area contributed by atoms with Gasteiger partial charge in [0.15, 0.2) is 11.5 Å². The predicted octanol–water partition coefficient (Wildman–Crippen LogP) is 2.70. The fraction of sp³-hybridized carbons (Fsp3) is 0.429. The van der Waals surface area contributed by atoms with Crippen LogP contribution in [0.3, 0.4) is 0 Å². The van der Waals surface area contributed by atoms with Crippen molar-refractivity contribution < 1.29 is 14.6 Å². The smallest absolute Gasteiger partial charge is 0.164 e. The fourth-order valence-electron chi connectivity index (χ4n) is 1.64. The Morgan fingerprint density at radius 3 is 2.71 bits per heavy atom. The van der Waals surface area contributed by atoms with Gasteiger partial charge in [-0.2, -0.15) is 0 Å². The number of benzene rings is 1. The minimum Gasteiger partial charge on any atom is -0.493 e. The second-order valence-corrected chi connectivity index (χ2v) is 3.79. The van der Waals surface area contributed by atoms with E-state index in [1.165, 1.54) is 0 Å². The van der Waals surface area contributed by atoms with Crippen molar-refractivity contribution in [3.8, 4) is 11.5 Å². The number of methoxy groups -OCH3 is 1. The summed E-state index contributed by atoms with van der Waals surface area (Å²) in [7, 11) is 1.60. The zero-order valence-electron chi connectivity index (χ0n) is 10.5. The molecule has 0 aliphatic rings. The molecule has 94 valence electrons. The summed E-state index contributed by atoms with van der Waals surface area (Å²) in [6.07, 6.45) is 3.45. The van der Waals surface area contributed by atoms with Gasteiger partial charge < -0.3 is 14.6 Å². The zero-order chi connectivity index (χ0) is 12.7. The van der Waals surface area contributed by atoms with Crippen molar-refractivity contribution in [3.63, 3.8) is 0 Å². The molecule has 0 aliphatic heterocycles. The summed E-state index contributed by atoms with van der Waals surface area (Å²) in [6, 6.07) is 3.73. The molecule has 0 radical (unpaired) electrons. The number of hydrogen-bond donors (Lipinski definition) is 1. The molecule has 17 heavy (non-hydrogen) atoms. The molecule has 0 saturated carbocycles. The van der Waals surface area contributed by atoms with Gasteiger partial charge in [0.05, 0.1) is 20.3 Å². The number of ether oxygens (including phenoxy) is 2. The van der Waals surface area contributed by atoms with E-state index in [0.29, 0.717) is 18.8 Å². The van der Waals surface area contributed by atoms with Crippen LogP contribution >= 0.6 is 0 Å². The molecule has 0 spiro atoms. The number of aliphatic hydroxyl groups is 1. The maximum absolute atomic E-state index is 9.19. The SMILES string of the molecule is C=CCc1cc(CO)cc(OC)c1OCCC. The van der Waals surface area contributed by atoms with E-state index in [-0.39, 0.29) is 6.61 Å². The van der Waals surface area contributed by atoms with Crippen molar-refractivity contribution in [2.75, 3.05) is 13.7 Å². The normalized spacial score (nSPS) is 10.1. The molecule has 0 amide bonds. The standard InChI is InChI=1S/C14H20O3/c1-4-6-12-8-11(10-15)9-13(16-3)14(12)17-7-5-2/h4,8-9,15H,1,5-7,10H2,2-3H3. The highest BCUT2D eigenvalue weighted by Crippen LogP contribution is 2.33. The van der Waals surface area contributed by atoms with Gasteiger partial charge in [-0.25, -0.2) is 0 Å². The van der Waals surface area contributed by atoms with E-state index in [9.17, 15) is 5.11 Å². The first kappa shape index (κ1) is 13.6. The number of rotatable bonds is 7. The fourth-order valence-corrected chi connectivity index (χ4v) is 1.64. The Labute approximate surface area is 103 Å². The van der Waals surface area contributed by atoms with Crippen molar-refractivity contribution in [3.05, 3.63) is 35.9 Å². The lowest BCUT2D eigenvalue weighted by Crippen LogP contribution is -2.02. The van der Waals surface area contributed by atoms with Crippen molar-refractivity contribution in [1.82, 2.24) is 0 Å². The molecule has 0 fully saturated rings. The summed E-state index contributed by atoms with van der Waals surface area (Å²) in [4.78, 5) is 0. The van der Waals surface area contributed by atoms with Crippen LogP contribution in [0.1, 0.15) is 24.5 Å². The zero-order valence-corrected chi connectivity index (χ0v) is 10.5. The van der Waals surface area contributed by atoms with Crippen LogP contribution in [-0.2, 0) is 13.0 Å². The summed E-state index contributed by atoms with van der Waals surface area (Å²) in [5, 5.41) is 9.19. The lowest BCUT2D eigenvalue weighted by atomic mass is 10.1. The topological polar surface area (TPSA) is 38.7 Å². The first-order chi connectivity index (χ1) is 8.26. The molecule has 1 N–H and O–H groups in total. The Morgan fingerprint density at radius 1 is 1.41 bits per heavy atom. The first-order valence-corrected chi connectivity index (χ1v) is 5.81. The first-order valence-electron chi connectivity index (χ1n) is 5.81. The van der Waals surface area contributed by atoms with Crippen LogP contribution in [0.5, 0.6) is 11.5 Å².